The van der Waals surface area contributed by atoms with Crippen LogP contribution in [0.1, 0.15) is 12.1 Å². The first kappa shape index (κ1) is 6.44. The molecule has 0 amide bonds. The average Bonchev–Trinajstić information content (AvgIpc) is 2.55. The molecule has 1 aliphatic rings. The summed E-state index contributed by atoms with van der Waals surface area (Å²) in [5.41, 5.74) is -0.337. The molecule has 1 N–H and O–H groups in total. The molecule has 3 nitrogen and oxygen atoms in total. The van der Waals surface area contributed by atoms with Crippen molar-refractivity contribution >= 4 is 0 Å². The fourth-order valence-corrected chi connectivity index (χ4v) is 1.40. The van der Waals surface area contributed by atoms with E-state index in [0.29, 0.717) is 6.42 Å². The maximum absolute atomic E-state index is 9.74. The van der Waals surface area contributed by atoms with Crippen LogP contribution in [0, 0.1) is 12.3 Å². The summed E-state index contributed by atoms with van der Waals surface area (Å²) in [6, 6.07) is 0. The van der Waals surface area contributed by atoms with E-state index < -0.39 is 5.60 Å². The Labute approximate surface area is 64.7 Å². The Bertz CT molecular complexity index is 323. The molecule has 0 aliphatic carbocycles. The molecule has 3 heteroatoms. The average molecular weight is 148 g/mol. The van der Waals surface area contributed by atoms with Gasteiger partial charge in [0.2, 0.25) is 0 Å². The summed E-state index contributed by atoms with van der Waals surface area (Å²) < 4.78 is 1.87. The Morgan fingerprint density at radius 1 is 1.82 bits per heavy atom. The number of fused-ring (bicyclic) bond motifs is 1. The molecule has 0 bridgehead atoms. The molecule has 0 fully saturated rings. The van der Waals surface area contributed by atoms with Crippen LogP contribution in [0.15, 0.2) is 12.5 Å². The standard InChI is InChI=1S/C8H8N2O/c1-2-8(11)3-4-10-6-9-5-7(8)10/h1,5-6,11H,3-4H2. The first-order valence-corrected chi connectivity index (χ1v) is 3.47. The lowest BCUT2D eigenvalue weighted by molar-refractivity contribution is 0.102. The molecule has 1 aliphatic heterocycles. The monoisotopic (exact) mass is 148 g/mol. The molecule has 1 atom stereocenters. The normalized spacial score (nSPS) is 28.0. The van der Waals surface area contributed by atoms with E-state index >= 15 is 0 Å². The first-order chi connectivity index (χ1) is 5.26. The zero-order valence-electron chi connectivity index (χ0n) is 5.99. The van der Waals surface area contributed by atoms with Crippen LogP contribution >= 0.6 is 0 Å². The van der Waals surface area contributed by atoms with E-state index in [-0.39, 0.29) is 0 Å². The molecular formula is C8H8N2O. The minimum atomic E-state index is -1.07. The quantitative estimate of drug-likeness (QED) is 0.530. The van der Waals surface area contributed by atoms with Crippen LogP contribution in [0.25, 0.3) is 0 Å². The smallest absolute Gasteiger partial charge is 0.168 e. The Kier molecular flexibility index (Phi) is 1.09. The van der Waals surface area contributed by atoms with E-state index in [1.54, 1.807) is 12.5 Å². The van der Waals surface area contributed by atoms with Gasteiger partial charge in [0.1, 0.15) is 0 Å². The fraction of sp³-hybridized carbons (Fsp3) is 0.375. The van der Waals surface area contributed by atoms with Gasteiger partial charge in [0.15, 0.2) is 5.60 Å². The number of terminal acetylenes is 1. The van der Waals surface area contributed by atoms with Gasteiger partial charge in [-0.2, -0.15) is 0 Å². The van der Waals surface area contributed by atoms with Crippen molar-refractivity contribution in [2.45, 2.75) is 18.6 Å². The van der Waals surface area contributed by atoms with Gasteiger partial charge < -0.3 is 9.67 Å². The van der Waals surface area contributed by atoms with E-state index in [9.17, 15) is 5.11 Å². The van der Waals surface area contributed by atoms with E-state index in [1.807, 2.05) is 4.57 Å². The van der Waals surface area contributed by atoms with Gasteiger partial charge in [-0.25, -0.2) is 4.98 Å². The molecule has 1 aromatic heterocycles. The number of hydrogen-bond acceptors (Lipinski definition) is 2. The first-order valence-electron chi connectivity index (χ1n) is 3.47. The zero-order valence-corrected chi connectivity index (χ0v) is 5.99. The highest BCUT2D eigenvalue weighted by molar-refractivity contribution is 5.26. The summed E-state index contributed by atoms with van der Waals surface area (Å²) >= 11 is 0. The number of aromatic nitrogens is 2. The second-order valence-electron chi connectivity index (χ2n) is 2.73. The SMILES string of the molecule is C#CC1(O)CCn2cncc21. The van der Waals surface area contributed by atoms with Gasteiger partial charge in [0, 0.05) is 13.0 Å². The van der Waals surface area contributed by atoms with Crippen LogP contribution in [-0.2, 0) is 12.1 Å². The minimum Gasteiger partial charge on any atom is -0.372 e. The van der Waals surface area contributed by atoms with Gasteiger partial charge in [-0.1, -0.05) is 5.92 Å². The Morgan fingerprint density at radius 2 is 2.64 bits per heavy atom. The molecule has 0 radical (unpaired) electrons. The summed E-state index contributed by atoms with van der Waals surface area (Å²) in [6.45, 7) is 0.760. The van der Waals surface area contributed by atoms with Gasteiger partial charge in [0.05, 0.1) is 18.2 Å². The van der Waals surface area contributed by atoms with Gasteiger partial charge in [-0.05, 0) is 0 Å². The van der Waals surface area contributed by atoms with Crippen LogP contribution in [-0.4, -0.2) is 14.7 Å². The fourth-order valence-electron chi connectivity index (χ4n) is 1.40. The van der Waals surface area contributed by atoms with Gasteiger partial charge in [0.25, 0.3) is 0 Å². The number of rotatable bonds is 0. The lowest BCUT2D eigenvalue weighted by atomic mass is 10.0. The van der Waals surface area contributed by atoms with E-state index in [1.165, 1.54) is 0 Å². The van der Waals surface area contributed by atoms with Gasteiger partial charge in [-0.15, -0.1) is 6.42 Å². The molecule has 2 rings (SSSR count). The molecule has 0 saturated carbocycles. The topological polar surface area (TPSA) is 38.0 Å². The molecule has 56 valence electrons. The van der Waals surface area contributed by atoms with Crippen molar-refractivity contribution in [1.29, 1.82) is 0 Å². The van der Waals surface area contributed by atoms with Crippen molar-refractivity contribution in [3.8, 4) is 12.3 Å². The van der Waals surface area contributed by atoms with Crippen molar-refractivity contribution < 1.29 is 5.11 Å². The van der Waals surface area contributed by atoms with Crippen LogP contribution in [0.4, 0.5) is 0 Å². The predicted octanol–water partition coefficient (Wildman–Crippen LogP) is 0.108. The van der Waals surface area contributed by atoms with Crippen molar-refractivity contribution in [2.24, 2.45) is 0 Å². The third kappa shape index (κ3) is 0.702. The summed E-state index contributed by atoms with van der Waals surface area (Å²) in [6.07, 6.45) is 9.10. The Balaban J connectivity index is 2.56. The van der Waals surface area contributed by atoms with Crippen molar-refractivity contribution in [3.63, 3.8) is 0 Å². The van der Waals surface area contributed by atoms with E-state index in [4.69, 9.17) is 6.42 Å². The molecular weight excluding hydrogens is 140 g/mol. The Hall–Kier alpha value is -1.27. The maximum Gasteiger partial charge on any atom is 0.168 e. The zero-order chi connectivity index (χ0) is 7.90. The number of hydrogen-bond donors (Lipinski definition) is 1. The number of nitrogens with zero attached hydrogens (tertiary/aromatic N) is 2. The molecule has 1 unspecified atom stereocenters. The maximum atomic E-state index is 9.74. The summed E-state index contributed by atoms with van der Waals surface area (Å²) in [7, 11) is 0. The third-order valence-corrected chi connectivity index (χ3v) is 2.09. The molecule has 0 spiro atoms. The minimum absolute atomic E-state index is 0.599. The lowest BCUT2D eigenvalue weighted by Gasteiger charge is -2.12. The molecule has 1 aromatic rings. The highest BCUT2D eigenvalue weighted by atomic mass is 16.3. The Morgan fingerprint density at radius 3 is 3.36 bits per heavy atom. The number of imidazole rings is 1. The lowest BCUT2D eigenvalue weighted by Crippen LogP contribution is -2.18. The molecule has 0 saturated heterocycles. The molecule has 0 aromatic carbocycles. The molecule has 11 heavy (non-hydrogen) atoms. The highest BCUT2D eigenvalue weighted by Gasteiger charge is 2.35. The largest absolute Gasteiger partial charge is 0.372 e. The second kappa shape index (κ2) is 1.86. The van der Waals surface area contributed by atoms with Gasteiger partial charge in [-0.3, -0.25) is 0 Å². The summed E-state index contributed by atoms with van der Waals surface area (Å²) in [5, 5.41) is 9.74. The van der Waals surface area contributed by atoms with Crippen molar-refractivity contribution in [2.75, 3.05) is 0 Å². The molecule has 2 heterocycles. The van der Waals surface area contributed by atoms with Crippen LogP contribution < -0.4 is 0 Å². The van der Waals surface area contributed by atoms with Crippen LogP contribution in [0.3, 0.4) is 0 Å². The summed E-state index contributed by atoms with van der Waals surface area (Å²) in [5.74, 6) is 2.38. The number of aryl methyl sites for hydroxylation is 1. The second-order valence-corrected chi connectivity index (χ2v) is 2.73. The number of aliphatic hydroxyl groups is 1. The third-order valence-electron chi connectivity index (χ3n) is 2.09. The van der Waals surface area contributed by atoms with Crippen LogP contribution in [0.2, 0.25) is 0 Å². The van der Waals surface area contributed by atoms with Crippen molar-refractivity contribution in [1.82, 2.24) is 9.55 Å². The summed E-state index contributed by atoms with van der Waals surface area (Å²) in [4.78, 5) is 3.89. The van der Waals surface area contributed by atoms with Crippen molar-refractivity contribution in [3.05, 3.63) is 18.2 Å². The van der Waals surface area contributed by atoms with E-state index in [2.05, 4.69) is 10.9 Å². The highest BCUT2D eigenvalue weighted by Crippen LogP contribution is 2.30. The van der Waals surface area contributed by atoms with E-state index in [0.717, 1.165) is 12.2 Å². The van der Waals surface area contributed by atoms with Crippen LogP contribution in [0.5, 0.6) is 0 Å². The predicted molar refractivity (Wildman–Crippen MR) is 39.6 cm³/mol. The van der Waals surface area contributed by atoms with Gasteiger partial charge >= 0.3 is 0 Å².